The molecule has 1 heterocycles. The van der Waals surface area contributed by atoms with E-state index in [-0.39, 0.29) is 17.6 Å². The smallest absolute Gasteiger partial charge is 0.377 e. The van der Waals surface area contributed by atoms with Gasteiger partial charge in [0.2, 0.25) is 0 Å². The molecule has 0 spiro atoms. The van der Waals surface area contributed by atoms with E-state index in [4.69, 9.17) is 4.74 Å². The molecule has 1 unspecified atom stereocenters. The van der Waals surface area contributed by atoms with Crippen LogP contribution in [0.4, 0.5) is 13.2 Å². The number of alkyl halides is 3. The normalized spacial score (nSPS) is 18.5. The summed E-state index contributed by atoms with van der Waals surface area (Å²) < 4.78 is 45.4. The third-order valence-corrected chi connectivity index (χ3v) is 4.39. The predicted octanol–water partition coefficient (Wildman–Crippen LogP) is 4.62. The maximum absolute atomic E-state index is 13.3. The minimum absolute atomic E-state index is 0.0596. The number of nitrogens with zero attached hydrogens (tertiary/aromatic N) is 1. The molecule has 2 aromatic carbocycles. The highest BCUT2D eigenvalue weighted by molar-refractivity contribution is 5.95. The summed E-state index contributed by atoms with van der Waals surface area (Å²) in [5, 5.41) is 0. The van der Waals surface area contributed by atoms with Crippen molar-refractivity contribution in [2.75, 3.05) is 19.7 Å². The van der Waals surface area contributed by atoms with Crippen LogP contribution in [0.5, 0.6) is 0 Å². The summed E-state index contributed by atoms with van der Waals surface area (Å²) >= 11 is 0. The van der Waals surface area contributed by atoms with Crippen molar-refractivity contribution in [3.8, 4) is 11.1 Å². The molecule has 1 atom stereocenters. The SMILES string of the molecule is CC1CN(C(=O)c2cccc(-c3ccccc3C(F)(F)F)c2)CCCO1. The monoisotopic (exact) mass is 363 g/mol. The molecular weight excluding hydrogens is 343 g/mol. The van der Waals surface area contributed by atoms with Crippen molar-refractivity contribution in [3.63, 3.8) is 0 Å². The zero-order valence-corrected chi connectivity index (χ0v) is 14.4. The Morgan fingerprint density at radius 3 is 2.69 bits per heavy atom. The largest absolute Gasteiger partial charge is 0.417 e. The lowest BCUT2D eigenvalue weighted by molar-refractivity contribution is -0.137. The van der Waals surface area contributed by atoms with Gasteiger partial charge in [-0.1, -0.05) is 30.3 Å². The number of carbonyl (C=O) groups is 1. The number of hydrogen-bond donors (Lipinski definition) is 0. The number of ether oxygens (including phenoxy) is 1. The Morgan fingerprint density at radius 1 is 1.15 bits per heavy atom. The van der Waals surface area contributed by atoms with Crippen molar-refractivity contribution in [2.45, 2.75) is 25.6 Å². The molecule has 1 aliphatic rings. The molecule has 0 radical (unpaired) electrons. The van der Waals surface area contributed by atoms with Crippen molar-refractivity contribution in [2.24, 2.45) is 0 Å². The average molecular weight is 363 g/mol. The second-order valence-corrected chi connectivity index (χ2v) is 6.41. The van der Waals surface area contributed by atoms with Gasteiger partial charge in [-0.05, 0) is 42.7 Å². The van der Waals surface area contributed by atoms with E-state index in [0.717, 1.165) is 12.5 Å². The molecule has 3 nitrogen and oxygen atoms in total. The van der Waals surface area contributed by atoms with Crippen LogP contribution < -0.4 is 0 Å². The summed E-state index contributed by atoms with van der Waals surface area (Å²) in [5.74, 6) is -0.186. The second kappa shape index (κ2) is 7.50. The van der Waals surface area contributed by atoms with Crippen molar-refractivity contribution in [1.82, 2.24) is 4.90 Å². The first-order valence-electron chi connectivity index (χ1n) is 8.54. The highest BCUT2D eigenvalue weighted by atomic mass is 19.4. The highest BCUT2D eigenvalue weighted by Crippen LogP contribution is 2.37. The number of carbonyl (C=O) groups excluding carboxylic acids is 1. The first kappa shape index (κ1) is 18.5. The molecule has 26 heavy (non-hydrogen) atoms. The van der Waals surface area contributed by atoms with Crippen LogP contribution in [0, 0.1) is 0 Å². The number of benzene rings is 2. The quantitative estimate of drug-likeness (QED) is 0.779. The molecule has 1 amide bonds. The summed E-state index contributed by atoms with van der Waals surface area (Å²) in [6.45, 7) is 3.56. The van der Waals surface area contributed by atoms with E-state index >= 15 is 0 Å². The zero-order chi connectivity index (χ0) is 18.7. The van der Waals surface area contributed by atoms with E-state index in [1.165, 1.54) is 18.2 Å². The molecule has 1 saturated heterocycles. The third kappa shape index (κ3) is 4.07. The van der Waals surface area contributed by atoms with Gasteiger partial charge in [0, 0.05) is 25.3 Å². The Kier molecular flexibility index (Phi) is 5.32. The lowest BCUT2D eigenvalue weighted by Gasteiger charge is -2.22. The van der Waals surface area contributed by atoms with Crippen LogP contribution >= 0.6 is 0 Å². The van der Waals surface area contributed by atoms with Crippen molar-refractivity contribution < 1.29 is 22.7 Å². The van der Waals surface area contributed by atoms with Crippen molar-refractivity contribution in [1.29, 1.82) is 0 Å². The topological polar surface area (TPSA) is 29.5 Å². The Hall–Kier alpha value is -2.34. The molecule has 1 fully saturated rings. The van der Waals surface area contributed by atoms with E-state index < -0.39 is 11.7 Å². The first-order valence-corrected chi connectivity index (χ1v) is 8.54. The second-order valence-electron chi connectivity index (χ2n) is 6.41. The van der Waals surface area contributed by atoms with Gasteiger partial charge in [-0.2, -0.15) is 13.2 Å². The highest BCUT2D eigenvalue weighted by Gasteiger charge is 2.33. The van der Waals surface area contributed by atoms with Gasteiger partial charge < -0.3 is 9.64 Å². The van der Waals surface area contributed by atoms with Gasteiger partial charge >= 0.3 is 6.18 Å². The first-order chi connectivity index (χ1) is 12.4. The third-order valence-electron chi connectivity index (χ3n) is 4.39. The molecule has 0 bridgehead atoms. The van der Waals surface area contributed by atoms with E-state index in [9.17, 15) is 18.0 Å². The molecule has 1 aliphatic heterocycles. The van der Waals surface area contributed by atoms with Gasteiger partial charge in [-0.25, -0.2) is 0 Å². The van der Waals surface area contributed by atoms with Crippen molar-refractivity contribution in [3.05, 3.63) is 59.7 Å². The standard InChI is InChI=1S/C20H20F3NO2/c1-14-13-24(10-5-11-26-14)19(25)16-7-4-6-15(12-16)17-8-2-3-9-18(17)20(21,22)23/h2-4,6-9,12,14H,5,10-11,13H2,1H3. The lowest BCUT2D eigenvalue weighted by Crippen LogP contribution is -2.35. The molecule has 0 aromatic heterocycles. The fraction of sp³-hybridized carbons (Fsp3) is 0.350. The van der Waals surface area contributed by atoms with Crippen molar-refractivity contribution >= 4 is 5.91 Å². The summed E-state index contributed by atoms with van der Waals surface area (Å²) in [5.41, 5.74) is 0.125. The van der Waals surface area contributed by atoms with Crippen LogP contribution in [0.25, 0.3) is 11.1 Å². The van der Waals surface area contributed by atoms with E-state index in [0.29, 0.717) is 30.8 Å². The van der Waals surface area contributed by atoms with Gasteiger partial charge in [0.05, 0.1) is 11.7 Å². The van der Waals surface area contributed by atoms with Crippen LogP contribution in [0.15, 0.2) is 48.5 Å². The maximum atomic E-state index is 13.3. The maximum Gasteiger partial charge on any atom is 0.417 e. The summed E-state index contributed by atoms with van der Waals surface area (Å²) in [6.07, 6.45) is -3.77. The molecule has 2 aromatic rings. The number of amides is 1. The minimum Gasteiger partial charge on any atom is -0.377 e. The molecule has 0 N–H and O–H groups in total. The van der Waals surface area contributed by atoms with Crippen LogP contribution in [0.1, 0.15) is 29.3 Å². The fourth-order valence-electron chi connectivity index (χ4n) is 3.16. The number of hydrogen-bond acceptors (Lipinski definition) is 2. The van der Waals surface area contributed by atoms with Crippen LogP contribution in [-0.2, 0) is 10.9 Å². The average Bonchev–Trinajstić information content (AvgIpc) is 2.85. The summed E-state index contributed by atoms with van der Waals surface area (Å²) in [7, 11) is 0. The number of rotatable bonds is 2. The fourth-order valence-corrected chi connectivity index (χ4v) is 3.16. The molecule has 6 heteroatoms. The molecule has 0 saturated carbocycles. The van der Waals surface area contributed by atoms with Crippen LogP contribution in [0.2, 0.25) is 0 Å². The van der Waals surface area contributed by atoms with Crippen LogP contribution in [0.3, 0.4) is 0 Å². The Labute approximate surface area is 150 Å². The van der Waals surface area contributed by atoms with Gasteiger partial charge in [0.25, 0.3) is 5.91 Å². The predicted molar refractivity (Wildman–Crippen MR) is 92.8 cm³/mol. The molecule has 0 aliphatic carbocycles. The summed E-state index contributed by atoms with van der Waals surface area (Å²) in [6, 6.07) is 11.8. The lowest BCUT2D eigenvalue weighted by atomic mass is 9.97. The van der Waals surface area contributed by atoms with E-state index in [1.54, 1.807) is 29.2 Å². The van der Waals surface area contributed by atoms with Gasteiger partial charge in [-0.3, -0.25) is 4.79 Å². The zero-order valence-electron chi connectivity index (χ0n) is 14.4. The molecular formula is C20H20F3NO2. The van der Waals surface area contributed by atoms with E-state index in [1.807, 2.05) is 6.92 Å². The molecule has 138 valence electrons. The summed E-state index contributed by atoms with van der Waals surface area (Å²) in [4.78, 5) is 14.5. The Morgan fingerprint density at radius 2 is 1.92 bits per heavy atom. The number of halogens is 3. The van der Waals surface area contributed by atoms with E-state index in [2.05, 4.69) is 0 Å². The molecule has 3 rings (SSSR count). The Bertz CT molecular complexity index is 789. The van der Waals surface area contributed by atoms with Gasteiger partial charge in [0.1, 0.15) is 0 Å². The van der Waals surface area contributed by atoms with Gasteiger partial charge in [0.15, 0.2) is 0 Å². The van der Waals surface area contributed by atoms with Gasteiger partial charge in [-0.15, -0.1) is 0 Å². The Balaban J connectivity index is 1.93. The minimum atomic E-state index is -4.45. The van der Waals surface area contributed by atoms with Crippen LogP contribution in [-0.4, -0.2) is 36.6 Å².